The van der Waals surface area contributed by atoms with Gasteiger partial charge in [0, 0.05) is 17.6 Å². The van der Waals surface area contributed by atoms with Crippen molar-refractivity contribution < 1.29 is 0 Å². The van der Waals surface area contributed by atoms with E-state index < -0.39 is 0 Å². The van der Waals surface area contributed by atoms with Gasteiger partial charge < -0.3 is 0 Å². The number of aromatic nitrogens is 2. The van der Waals surface area contributed by atoms with E-state index in [0.29, 0.717) is 6.04 Å². The quantitative estimate of drug-likeness (QED) is 0.762. The van der Waals surface area contributed by atoms with Crippen molar-refractivity contribution in [1.82, 2.24) is 9.78 Å². The molecule has 0 aliphatic heterocycles. The van der Waals surface area contributed by atoms with Crippen molar-refractivity contribution >= 4 is 31.9 Å². The highest BCUT2D eigenvalue weighted by Gasteiger charge is 2.05. The summed E-state index contributed by atoms with van der Waals surface area (Å²) in [6.07, 6.45) is 2.00. The van der Waals surface area contributed by atoms with E-state index in [-0.39, 0.29) is 0 Å². The predicted molar refractivity (Wildman–Crippen MR) is 52.9 cm³/mol. The lowest BCUT2D eigenvalue weighted by atomic mass is 10.4. The molecule has 1 rings (SSSR count). The van der Waals surface area contributed by atoms with Crippen molar-refractivity contribution in [2.24, 2.45) is 0 Å². The Hall–Kier alpha value is 0.170. The van der Waals surface area contributed by atoms with Gasteiger partial charge in [-0.05, 0) is 29.8 Å². The van der Waals surface area contributed by atoms with Gasteiger partial charge in [0.05, 0.1) is 10.2 Å². The Balaban J connectivity index is 2.95. The SMILES string of the molecule is CC(C)n1cc(Br)c(CBr)n1. The first kappa shape index (κ1) is 9.26. The molecular weight excluding hydrogens is 272 g/mol. The first-order chi connectivity index (χ1) is 5.15. The molecule has 0 aliphatic carbocycles. The van der Waals surface area contributed by atoms with Crippen molar-refractivity contribution in [3.05, 3.63) is 16.4 Å². The Labute approximate surface area is 83.2 Å². The van der Waals surface area contributed by atoms with Gasteiger partial charge in [0.15, 0.2) is 0 Å². The van der Waals surface area contributed by atoms with Crippen LogP contribution in [0, 0.1) is 0 Å². The summed E-state index contributed by atoms with van der Waals surface area (Å²) in [5.74, 6) is 0. The van der Waals surface area contributed by atoms with E-state index in [0.717, 1.165) is 15.5 Å². The number of halogens is 2. The molecule has 4 heteroatoms. The molecule has 0 aromatic carbocycles. The van der Waals surface area contributed by atoms with Crippen LogP contribution in [-0.4, -0.2) is 9.78 Å². The highest BCUT2D eigenvalue weighted by molar-refractivity contribution is 9.10. The second kappa shape index (κ2) is 3.72. The second-order valence-electron chi connectivity index (χ2n) is 2.63. The van der Waals surface area contributed by atoms with Crippen LogP contribution in [0.4, 0.5) is 0 Å². The van der Waals surface area contributed by atoms with Gasteiger partial charge in [0.1, 0.15) is 0 Å². The summed E-state index contributed by atoms with van der Waals surface area (Å²) in [6.45, 7) is 4.22. The molecule has 0 N–H and O–H groups in total. The zero-order valence-electron chi connectivity index (χ0n) is 6.51. The Morgan fingerprint density at radius 1 is 1.64 bits per heavy atom. The fourth-order valence-electron chi connectivity index (χ4n) is 0.762. The molecule has 1 aromatic rings. The predicted octanol–water partition coefficient (Wildman–Crippen LogP) is 3.12. The molecule has 0 saturated carbocycles. The molecule has 62 valence electrons. The van der Waals surface area contributed by atoms with Gasteiger partial charge >= 0.3 is 0 Å². The lowest BCUT2D eigenvalue weighted by Crippen LogP contribution is -2.00. The molecule has 0 aliphatic rings. The molecule has 2 nitrogen and oxygen atoms in total. The van der Waals surface area contributed by atoms with Crippen molar-refractivity contribution in [2.45, 2.75) is 25.2 Å². The lowest BCUT2D eigenvalue weighted by Gasteiger charge is -2.02. The largest absolute Gasteiger partial charge is 0.269 e. The second-order valence-corrected chi connectivity index (χ2v) is 4.05. The van der Waals surface area contributed by atoms with E-state index in [2.05, 4.69) is 50.8 Å². The average Bonchev–Trinajstić information content (AvgIpc) is 2.31. The molecular formula is C7H10Br2N2. The van der Waals surface area contributed by atoms with Crippen molar-refractivity contribution in [3.8, 4) is 0 Å². The molecule has 0 unspecified atom stereocenters. The molecule has 11 heavy (non-hydrogen) atoms. The Morgan fingerprint density at radius 3 is 2.55 bits per heavy atom. The normalized spacial score (nSPS) is 11.0. The van der Waals surface area contributed by atoms with Gasteiger partial charge in [0.2, 0.25) is 0 Å². The highest BCUT2D eigenvalue weighted by atomic mass is 79.9. The van der Waals surface area contributed by atoms with Gasteiger partial charge in [-0.1, -0.05) is 15.9 Å². The Kier molecular flexibility index (Phi) is 3.13. The van der Waals surface area contributed by atoms with Crippen LogP contribution in [-0.2, 0) is 5.33 Å². The molecule has 0 amide bonds. The summed E-state index contributed by atoms with van der Waals surface area (Å²) in [6, 6.07) is 0.430. The Morgan fingerprint density at radius 2 is 2.27 bits per heavy atom. The maximum atomic E-state index is 4.35. The third-order valence-corrected chi connectivity index (χ3v) is 2.61. The van der Waals surface area contributed by atoms with Gasteiger partial charge in [-0.15, -0.1) is 0 Å². The Bertz CT molecular complexity index is 243. The van der Waals surface area contributed by atoms with E-state index >= 15 is 0 Å². The minimum atomic E-state index is 0.430. The molecule has 0 saturated heterocycles. The van der Waals surface area contributed by atoms with Crippen molar-refractivity contribution in [2.75, 3.05) is 0 Å². The van der Waals surface area contributed by atoms with Crippen LogP contribution in [0.3, 0.4) is 0 Å². The number of rotatable bonds is 2. The van der Waals surface area contributed by atoms with Gasteiger partial charge in [-0.3, -0.25) is 4.68 Å². The van der Waals surface area contributed by atoms with E-state index in [1.54, 1.807) is 0 Å². The van der Waals surface area contributed by atoms with Crippen LogP contribution < -0.4 is 0 Å². The molecule has 0 radical (unpaired) electrons. The van der Waals surface area contributed by atoms with Crippen LogP contribution in [0.15, 0.2) is 10.7 Å². The standard InChI is InChI=1S/C7H10Br2N2/c1-5(2)11-4-6(9)7(3-8)10-11/h4-5H,3H2,1-2H3. The maximum absolute atomic E-state index is 4.35. The van der Waals surface area contributed by atoms with Crippen molar-refractivity contribution in [1.29, 1.82) is 0 Å². The zero-order chi connectivity index (χ0) is 8.43. The minimum absolute atomic E-state index is 0.430. The summed E-state index contributed by atoms with van der Waals surface area (Å²) in [7, 11) is 0. The van der Waals surface area contributed by atoms with Crippen LogP contribution >= 0.6 is 31.9 Å². The molecule has 0 fully saturated rings. The number of hydrogen-bond acceptors (Lipinski definition) is 1. The summed E-state index contributed by atoms with van der Waals surface area (Å²) in [4.78, 5) is 0. The minimum Gasteiger partial charge on any atom is -0.269 e. The van der Waals surface area contributed by atoms with E-state index in [1.807, 2.05) is 10.9 Å². The van der Waals surface area contributed by atoms with Gasteiger partial charge in [0.25, 0.3) is 0 Å². The zero-order valence-corrected chi connectivity index (χ0v) is 9.68. The van der Waals surface area contributed by atoms with E-state index in [9.17, 15) is 0 Å². The molecule has 0 bridgehead atoms. The maximum Gasteiger partial charge on any atom is 0.0872 e. The number of nitrogens with zero attached hydrogens (tertiary/aromatic N) is 2. The number of alkyl halides is 1. The highest BCUT2D eigenvalue weighted by Crippen LogP contribution is 2.19. The first-order valence-corrected chi connectivity index (χ1v) is 5.36. The molecule has 1 aromatic heterocycles. The van der Waals surface area contributed by atoms with Crippen LogP contribution in [0.5, 0.6) is 0 Å². The molecule has 1 heterocycles. The summed E-state index contributed by atoms with van der Waals surface area (Å²) < 4.78 is 3.02. The fourth-order valence-corrected chi connectivity index (χ4v) is 1.98. The van der Waals surface area contributed by atoms with E-state index in [1.165, 1.54) is 0 Å². The molecule has 0 atom stereocenters. The third-order valence-electron chi connectivity index (χ3n) is 1.41. The number of hydrogen-bond donors (Lipinski definition) is 0. The van der Waals surface area contributed by atoms with Gasteiger partial charge in [-0.2, -0.15) is 5.10 Å². The topological polar surface area (TPSA) is 17.8 Å². The van der Waals surface area contributed by atoms with Gasteiger partial charge in [-0.25, -0.2) is 0 Å². The van der Waals surface area contributed by atoms with Crippen LogP contribution in [0.25, 0.3) is 0 Å². The summed E-state index contributed by atoms with van der Waals surface area (Å²) >= 11 is 6.80. The van der Waals surface area contributed by atoms with Crippen LogP contribution in [0.2, 0.25) is 0 Å². The first-order valence-electron chi connectivity index (χ1n) is 3.44. The smallest absolute Gasteiger partial charge is 0.0872 e. The summed E-state index contributed by atoms with van der Waals surface area (Å²) in [5.41, 5.74) is 1.05. The fraction of sp³-hybridized carbons (Fsp3) is 0.571. The van der Waals surface area contributed by atoms with E-state index in [4.69, 9.17) is 0 Å². The van der Waals surface area contributed by atoms with Crippen molar-refractivity contribution in [3.63, 3.8) is 0 Å². The summed E-state index contributed by atoms with van der Waals surface area (Å²) in [5, 5.41) is 5.15. The molecule has 0 spiro atoms. The lowest BCUT2D eigenvalue weighted by molar-refractivity contribution is 0.529. The van der Waals surface area contributed by atoms with Crippen LogP contribution in [0.1, 0.15) is 25.6 Å². The third kappa shape index (κ3) is 2.06. The monoisotopic (exact) mass is 280 g/mol. The average molecular weight is 282 g/mol.